The zero-order valence-corrected chi connectivity index (χ0v) is 10.4. The first-order valence-electron chi connectivity index (χ1n) is 5.39. The number of carbonyl (C=O) groups excluding carboxylic acids is 1. The molecule has 1 rings (SSSR count). The van der Waals surface area contributed by atoms with Crippen LogP contribution in [0.1, 0.15) is 24.2 Å². The van der Waals surface area contributed by atoms with Gasteiger partial charge in [-0.25, -0.2) is 14.0 Å². The quantitative estimate of drug-likeness (QED) is 0.870. The summed E-state index contributed by atoms with van der Waals surface area (Å²) in [4.78, 5) is 23.9. The average molecular weight is 254 g/mol. The van der Waals surface area contributed by atoms with Crippen molar-refractivity contribution in [2.24, 2.45) is 0 Å². The van der Waals surface area contributed by atoms with E-state index < -0.39 is 17.3 Å². The van der Waals surface area contributed by atoms with Gasteiger partial charge in [0.25, 0.3) is 0 Å². The number of halogens is 1. The van der Waals surface area contributed by atoms with Crippen LogP contribution in [0.5, 0.6) is 0 Å². The zero-order chi connectivity index (χ0) is 13.9. The molecule has 0 bridgehead atoms. The molecule has 0 aliphatic carbocycles. The Kier molecular flexibility index (Phi) is 4.25. The summed E-state index contributed by atoms with van der Waals surface area (Å²) in [6.45, 7) is 3.68. The van der Waals surface area contributed by atoms with E-state index >= 15 is 0 Å². The Morgan fingerprint density at radius 3 is 2.50 bits per heavy atom. The van der Waals surface area contributed by atoms with Crippen molar-refractivity contribution in [1.29, 1.82) is 0 Å². The van der Waals surface area contributed by atoms with Gasteiger partial charge < -0.3 is 15.3 Å². The number of benzene rings is 1. The molecule has 0 aliphatic heterocycles. The predicted molar refractivity (Wildman–Crippen MR) is 65.3 cm³/mol. The van der Waals surface area contributed by atoms with Gasteiger partial charge in [-0.3, -0.25) is 0 Å². The molecule has 0 aliphatic rings. The van der Waals surface area contributed by atoms with Gasteiger partial charge >= 0.3 is 12.0 Å². The molecule has 0 atom stereocenters. The Labute approximate surface area is 104 Å². The number of nitrogens with zero attached hydrogens (tertiary/aromatic N) is 1. The second-order valence-electron chi connectivity index (χ2n) is 4.13. The van der Waals surface area contributed by atoms with Crippen LogP contribution in [0.2, 0.25) is 0 Å². The fourth-order valence-electron chi connectivity index (χ4n) is 1.21. The van der Waals surface area contributed by atoms with Gasteiger partial charge in [0.15, 0.2) is 0 Å². The molecule has 1 aromatic carbocycles. The van der Waals surface area contributed by atoms with Crippen molar-refractivity contribution in [3.8, 4) is 0 Å². The summed E-state index contributed by atoms with van der Waals surface area (Å²) in [6.07, 6.45) is 0. The summed E-state index contributed by atoms with van der Waals surface area (Å²) in [7, 11) is 1.61. The van der Waals surface area contributed by atoms with E-state index in [1.807, 2.05) is 13.8 Å². The Balaban J connectivity index is 2.89. The van der Waals surface area contributed by atoms with Gasteiger partial charge in [0, 0.05) is 18.8 Å². The van der Waals surface area contributed by atoms with Gasteiger partial charge in [-0.1, -0.05) is 0 Å². The second kappa shape index (κ2) is 5.48. The Hall–Kier alpha value is -2.11. The summed E-state index contributed by atoms with van der Waals surface area (Å²) in [5.41, 5.74) is -0.230. The second-order valence-corrected chi connectivity index (χ2v) is 4.13. The van der Waals surface area contributed by atoms with E-state index in [0.29, 0.717) is 0 Å². The molecule has 0 aromatic heterocycles. The van der Waals surface area contributed by atoms with E-state index in [1.165, 1.54) is 11.0 Å². The lowest BCUT2D eigenvalue weighted by Gasteiger charge is -2.21. The number of amides is 2. The molecule has 6 heteroatoms. The summed E-state index contributed by atoms with van der Waals surface area (Å²) < 4.78 is 13.1. The van der Waals surface area contributed by atoms with Gasteiger partial charge in [-0.15, -0.1) is 0 Å². The monoisotopic (exact) mass is 254 g/mol. The smallest absolute Gasteiger partial charge is 0.338 e. The number of hydrogen-bond acceptors (Lipinski definition) is 2. The molecule has 2 N–H and O–H groups in total. The lowest BCUT2D eigenvalue weighted by molar-refractivity contribution is 0.0692. The fourth-order valence-corrected chi connectivity index (χ4v) is 1.21. The molecule has 0 saturated heterocycles. The van der Waals surface area contributed by atoms with E-state index in [2.05, 4.69) is 5.32 Å². The Morgan fingerprint density at radius 1 is 1.39 bits per heavy atom. The first-order valence-corrected chi connectivity index (χ1v) is 5.39. The number of rotatable bonds is 3. The molecule has 1 aromatic rings. The van der Waals surface area contributed by atoms with Crippen LogP contribution in [0.4, 0.5) is 14.9 Å². The van der Waals surface area contributed by atoms with Crippen molar-refractivity contribution >= 4 is 17.7 Å². The maximum atomic E-state index is 13.1. The third kappa shape index (κ3) is 3.19. The number of urea groups is 1. The van der Waals surface area contributed by atoms with Gasteiger partial charge in [0.05, 0.1) is 5.56 Å². The molecule has 98 valence electrons. The number of carboxylic acids is 1. The minimum atomic E-state index is -1.37. The summed E-state index contributed by atoms with van der Waals surface area (Å²) >= 11 is 0. The number of hydrogen-bond donors (Lipinski definition) is 2. The van der Waals surface area contributed by atoms with Crippen molar-refractivity contribution in [3.05, 3.63) is 29.6 Å². The highest BCUT2D eigenvalue weighted by atomic mass is 19.1. The molecule has 0 fully saturated rings. The van der Waals surface area contributed by atoms with E-state index in [4.69, 9.17) is 5.11 Å². The molecule has 0 heterocycles. The molecule has 2 amide bonds. The molecule has 0 saturated carbocycles. The minimum absolute atomic E-state index is 0.00407. The predicted octanol–water partition coefficient (Wildman–Crippen LogP) is 2.40. The average Bonchev–Trinajstić information content (AvgIpc) is 2.29. The van der Waals surface area contributed by atoms with E-state index in [1.54, 1.807) is 7.05 Å². The van der Waals surface area contributed by atoms with Gasteiger partial charge in [-0.2, -0.15) is 0 Å². The van der Waals surface area contributed by atoms with Crippen molar-refractivity contribution in [3.63, 3.8) is 0 Å². The maximum absolute atomic E-state index is 13.1. The lowest BCUT2D eigenvalue weighted by Crippen LogP contribution is -2.36. The molecule has 5 nitrogen and oxygen atoms in total. The first kappa shape index (κ1) is 14.0. The molecule has 0 unspecified atom stereocenters. The lowest BCUT2D eigenvalue weighted by atomic mass is 10.2. The number of carbonyl (C=O) groups is 2. The Bertz CT molecular complexity index is 474. The third-order valence-electron chi connectivity index (χ3n) is 2.54. The third-order valence-corrected chi connectivity index (χ3v) is 2.54. The van der Waals surface area contributed by atoms with Crippen LogP contribution >= 0.6 is 0 Å². The maximum Gasteiger partial charge on any atom is 0.338 e. The van der Waals surface area contributed by atoms with E-state index in [9.17, 15) is 14.0 Å². The zero-order valence-electron chi connectivity index (χ0n) is 10.4. The highest BCUT2D eigenvalue weighted by molar-refractivity contribution is 5.93. The van der Waals surface area contributed by atoms with Crippen LogP contribution in [0.3, 0.4) is 0 Å². The molecular formula is C12H15FN2O3. The standard InChI is InChI=1S/C12H15FN2O3/c1-7(2)15(3)12(18)14-8-4-5-10(13)9(6-8)11(16)17/h4-7H,1-3H3,(H,14,18)(H,16,17). The van der Waals surface area contributed by atoms with Crippen molar-refractivity contribution in [2.45, 2.75) is 19.9 Å². The number of nitrogens with one attached hydrogen (secondary N) is 1. The number of carboxylic acid groups (broad SMARTS) is 1. The van der Waals surface area contributed by atoms with Crippen LogP contribution in [-0.4, -0.2) is 35.1 Å². The van der Waals surface area contributed by atoms with Gasteiger partial charge in [-0.05, 0) is 32.0 Å². The molecule has 18 heavy (non-hydrogen) atoms. The molecule has 0 spiro atoms. The number of aromatic carboxylic acids is 1. The summed E-state index contributed by atoms with van der Waals surface area (Å²) in [5.74, 6) is -2.21. The highest BCUT2D eigenvalue weighted by Crippen LogP contribution is 2.15. The first-order chi connectivity index (χ1) is 8.32. The van der Waals surface area contributed by atoms with Crippen molar-refractivity contribution in [2.75, 3.05) is 12.4 Å². The van der Waals surface area contributed by atoms with Crippen LogP contribution in [-0.2, 0) is 0 Å². The van der Waals surface area contributed by atoms with Crippen molar-refractivity contribution in [1.82, 2.24) is 4.90 Å². The number of anilines is 1. The Morgan fingerprint density at radius 2 is 2.00 bits per heavy atom. The van der Waals surface area contributed by atoms with Crippen molar-refractivity contribution < 1.29 is 19.1 Å². The topological polar surface area (TPSA) is 69.6 Å². The van der Waals surface area contributed by atoms with E-state index in [0.717, 1.165) is 12.1 Å². The van der Waals surface area contributed by atoms with Gasteiger partial charge in [0.1, 0.15) is 5.82 Å². The van der Waals surface area contributed by atoms with Crippen LogP contribution in [0.25, 0.3) is 0 Å². The molecular weight excluding hydrogens is 239 g/mol. The van der Waals surface area contributed by atoms with Crippen LogP contribution in [0, 0.1) is 5.82 Å². The van der Waals surface area contributed by atoms with Gasteiger partial charge in [0.2, 0.25) is 0 Å². The highest BCUT2D eigenvalue weighted by Gasteiger charge is 2.15. The minimum Gasteiger partial charge on any atom is -0.478 e. The van der Waals surface area contributed by atoms with Crippen LogP contribution < -0.4 is 5.32 Å². The largest absolute Gasteiger partial charge is 0.478 e. The fraction of sp³-hybridized carbons (Fsp3) is 0.333. The SMILES string of the molecule is CC(C)N(C)C(=O)Nc1ccc(F)c(C(=O)O)c1. The van der Waals surface area contributed by atoms with E-state index in [-0.39, 0.29) is 17.8 Å². The molecule has 0 radical (unpaired) electrons. The summed E-state index contributed by atoms with van der Waals surface area (Å²) in [5, 5.41) is 11.3. The normalized spacial score (nSPS) is 10.3. The summed E-state index contributed by atoms with van der Waals surface area (Å²) in [6, 6.07) is 3.03. The van der Waals surface area contributed by atoms with Crippen LogP contribution in [0.15, 0.2) is 18.2 Å².